The fourth-order valence-corrected chi connectivity index (χ4v) is 3.72. The Morgan fingerprint density at radius 2 is 2.10 bits per heavy atom. The van der Waals surface area contributed by atoms with Crippen molar-refractivity contribution in [2.75, 3.05) is 13.1 Å². The molecule has 0 aromatic carbocycles. The van der Waals surface area contributed by atoms with Gasteiger partial charge in [0.25, 0.3) is 5.91 Å². The van der Waals surface area contributed by atoms with E-state index in [9.17, 15) is 4.79 Å². The lowest BCUT2D eigenvalue weighted by Crippen LogP contribution is -2.30. The fourth-order valence-electron chi connectivity index (χ4n) is 3.72. The lowest BCUT2D eigenvalue weighted by Gasteiger charge is -2.26. The maximum absolute atomic E-state index is 11.3. The summed E-state index contributed by atoms with van der Waals surface area (Å²) < 4.78 is 2.16. The molecule has 2 aromatic rings. The van der Waals surface area contributed by atoms with Crippen LogP contribution in [0.3, 0.4) is 0 Å². The maximum Gasteiger partial charge on any atom is 0.267 e. The lowest BCUT2D eigenvalue weighted by atomic mass is 9.90. The van der Waals surface area contributed by atoms with Crippen molar-refractivity contribution in [1.29, 1.82) is 0 Å². The van der Waals surface area contributed by atoms with E-state index in [4.69, 9.17) is 10.2 Å². The Balaban J connectivity index is 2.41. The number of amides is 1. The summed E-state index contributed by atoms with van der Waals surface area (Å²) in [6, 6.07) is 3.93. The van der Waals surface area contributed by atoms with Crippen LogP contribution in [0.4, 0.5) is 0 Å². The third-order valence-corrected chi connectivity index (χ3v) is 5.17. The van der Waals surface area contributed by atoms with Crippen LogP contribution >= 0.6 is 0 Å². The molecule has 1 unspecified atom stereocenters. The van der Waals surface area contributed by atoms with Crippen molar-refractivity contribution in [3.63, 3.8) is 0 Å². The molecule has 0 bridgehead atoms. The van der Waals surface area contributed by atoms with E-state index in [0.717, 1.165) is 36.5 Å². The number of carbonyl (C=O) groups is 1. The number of aromatic nitrogens is 2. The molecule has 0 saturated carbocycles. The van der Waals surface area contributed by atoms with Gasteiger partial charge >= 0.3 is 0 Å². The number of fused-ring (bicyclic) bond motifs is 1. The van der Waals surface area contributed by atoms with E-state index < -0.39 is 5.91 Å². The van der Waals surface area contributed by atoms with Crippen LogP contribution in [0.15, 0.2) is 24.4 Å². The molecule has 6 heteroatoms. The number of rotatable bonds is 9. The van der Waals surface area contributed by atoms with E-state index >= 15 is 0 Å². The summed E-state index contributed by atoms with van der Waals surface area (Å²) in [4.78, 5) is 18.7. The molecule has 0 aliphatic rings. The number of nitrogens with zero attached hydrogens (tertiary/aromatic N) is 3. The Morgan fingerprint density at radius 3 is 2.69 bits per heavy atom. The number of carbonyl (C=O) groups excluding carboxylic acids is 1. The Morgan fingerprint density at radius 1 is 1.38 bits per heavy atom. The Labute approximate surface area is 174 Å². The zero-order valence-corrected chi connectivity index (χ0v) is 18.7. The number of nitrogens with one attached hydrogen (secondary N) is 1. The number of imidazole rings is 1. The van der Waals surface area contributed by atoms with Crippen molar-refractivity contribution in [3.05, 3.63) is 41.4 Å². The van der Waals surface area contributed by atoms with Gasteiger partial charge in [-0.25, -0.2) is 10.5 Å². The Hall–Kier alpha value is -2.18. The SMILES string of the molecule is CCCC(C)CN(CC)Cc1c(C(C)(C)C)nc2cc(C=CC(=O)NO)ccn12. The van der Waals surface area contributed by atoms with E-state index in [0.29, 0.717) is 5.92 Å². The van der Waals surface area contributed by atoms with Crippen LogP contribution < -0.4 is 5.48 Å². The standard InChI is InChI=1S/C23H36N4O2/c1-7-9-17(3)15-26(8-2)16-19-22(23(4,5)6)24-20-14-18(12-13-27(19)20)10-11-21(28)25-29/h10-14,17,29H,7-9,15-16H2,1-6H3,(H,25,28). The van der Waals surface area contributed by atoms with E-state index in [-0.39, 0.29) is 5.41 Å². The van der Waals surface area contributed by atoms with Gasteiger partial charge in [-0.2, -0.15) is 0 Å². The molecule has 0 aliphatic carbocycles. The summed E-state index contributed by atoms with van der Waals surface area (Å²) in [7, 11) is 0. The van der Waals surface area contributed by atoms with Crippen LogP contribution in [0.2, 0.25) is 0 Å². The third-order valence-electron chi connectivity index (χ3n) is 5.17. The monoisotopic (exact) mass is 400 g/mol. The minimum atomic E-state index is -0.552. The number of hydrogen-bond donors (Lipinski definition) is 2. The minimum absolute atomic E-state index is 0.0669. The van der Waals surface area contributed by atoms with Gasteiger partial charge in [0.1, 0.15) is 5.65 Å². The third kappa shape index (κ3) is 6.15. The molecule has 29 heavy (non-hydrogen) atoms. The highest BCUT2D eigenvalue weighted by Gasteiger charge is 2.25. The summed E-state index contributed by atoms with van der Waals surface area (Å²) in [6.45, 7) is 16.3. The van der Waals surface area contributed by atoms with Gasteiger partial charge in [-0.3, -0.25) is 14.9 Å². The van der Waals surface area contributed by atoms with E-state index in [2.05, 4.69) is 50.8 Å². The van der Waals surface area contributed by atoms with Gasteiger partial charge in [0.2, 0.25) is 0 Å². The van der Waals surface area contributed by atoms with E-state index in [1.54, 1.807) is 11.6 Å². The first kappa shape index (κ1) is 23.1. The van der Waals surface area contributed by atoms with Crippen molar-refractivity contribution in [3.8, 4) is 0 Å². The largest absolute Gasteiger partial charge is 0.302 e. The van der Waals surface area contributed by atoms with Crippen molar-refractivity contribution in [2.24, 2.45) is 5.92 Å². The zero-order chi connectivity index (χ0) is 21.6. The minimum Gasteiger partial charge on any atom is -0.302 e. The average molecular weight is 401 g/mol. The summed E-state index contributed by atoms with van der Waals surface area (Å²) >= 11 is 0. The summed E-state index contributed by atoms with van der Waals surface area (Å²) in [5.41, 5.74) is 5.60. The molecule has 0 spiro atoms. The lowest BCUT2D eigenvalue weighted by molar-refractivity contribution is -0.124. The molecule has 160 valence electrons. The van der Waals surface area contributed by atoms with Gasteiger partial charge in [-0.15, -0.1) is 0 Å². The van der Waals surface area contributed by atoms with Crippen molar-refractivity contribution >= 4 is 17.6 Å². The van der Waals surface area contributed by atoms with Gasteiger partial charge in [-0.05, 0) is 42.7 Å². The molecular weight excluding hydrogens is 364 g/mol. The highest BCUT2D eigenvalue weighted by atomic mass is 16.5. The second kappa shape index (κ2) is 10.0. The first-order valence-electron chi connectivity index (χ1n) is 10.6. The number of hydrogen-bond acceptors (Lipinski definition) is 4. The van der Waals surface area contributed by atoms with Gasteiger partial charge in [-0.1, -0.05) is 48.0 Å². The maximum atomic E-state index is 11.3. The molecule has 0 fully saturated rings. The summed E-state index contributed by atoms with van der Waals surface area (Å²) in [5, 5.41) is 8.65. The first-order valence-corrected chi connectivity index (χ1v) is 10.6. The molecule has 2 rings (SSSR count). The average Bonchev–Trinajstić information content (AvgIpc) is 3.03. The molecule has 2 aromatic heterocycles. The van der Waals surface area contributed by atoms with E-state index in [1.165, 1.54) is 24.6 Å². The Kier molecular flexibility index (Phi) is 7.99. The second-order valence-corrected chi connectivity index (χ2v) is 8.88. The van der Waals surface area contributed by atoms with Crippen molar-refractivity contribution < 1.29 is 10.0 Å². The normalized spacial score (nSPS) is 13.5. The van der Waals surface area contributed by atoms with Crippen LogP contribution in [0.25, 0.3) is 11.7 Å². The molecule has 2 heterocycles. The van der Waals surface area contributed by atoms with Gasteiger partial charge in [0.05, 0.1) is 11.4 Å². The quantitative estimate of drug-likeness (QED) is 0.372. The topological polar surface area (TPSA) is 69.9 Å². The molecule has 1 atom stereocenters. The smallest absolute Gasteiger partial charge is 0.267 e. The molecule has 0 saturated heterocycles. The van der Waals surface area contributed by atoms with Gasteiger partial charge < -0.3 is 4.40 Å². The van der Waals surface area contributed by atoms with Crippen molar-refractivity contribution in [1.82, 2.24) is 19.8 Å². The van der Waals surface area contributed by atoms with Crippen LogP contribution in [0.1, 0.15) is 71.3 Å². The zero-order valence-electron chi connectivity index (χ0n) is 18.7. The molecule has 0 aliphatic heterocycles. The van der Waals surface area contributed by atoms with Crippen LogP contribution in [0.5, 0.6) is 0 Å². The number of pyridine rings is 1. The van der Waals surface area contributed by atoms with Crippen molar-refractivity contribution in [2.45, 2.75) is 66.3 Å². The predicted molar refractivity (Wildman–Crippen MR) is 118 cm³/mol. The predicted octanol–water partition coefficient (Wildman–Crippen LogP) is 4.41. The van der Waals surface area contributed by atoms with Gasteiger partial charge in [0, 0.05) is 30.8 Å². The highest BCUT2D eigenvalue weighted by Crippen LogP contribution is 2.28. The summed E-state index contributed by atoms with van der Waals surface area (Å²) in [6.07, 6.45) is 7.45. The van der Waals surface area contributed by atoms with Crippen LogP contribution in [0, 0.1) is 5.92 Å². The van der Waals surface area contributed by atoms with Gasteiger partial charge in [0.15, 0.2) is 0 Å². The fraction of sp³-hybridized carbons (Fsp3) is 0.565. The molecule has 1 amide bonds. The second-order valence-electron chi connectivity index (χ2n) is 8.88. The first-order chi connectivity index (χ1) is 13.7. The number of hydroxylamine groups is 1. The molecular formula is C23H36N4O2. The molecule has 2 N–H and O–H groups in total. The van der Waals surface area contributed by atoms with E-state index in [1.807, 2.05) is 18.3 Å². The highest BCUT2D eigenvalue weighted by molar-refractivity contribution is 5.90. The molecule has 6 nitrogen and oxygen atoms in total. The summed E-state index contributed by atoms with van der Waals surface area (Å²) in [5.74, 6) is 0.121. The van der Waals surface area contributed by atoms with Crippen LogP contribution in [-0.2, 0) is 16.8 Å². The van der Waals surface area contributed by atoms with Crippen LogP contribution in [-0.4, -0.2) is 38.5 Å². The molecule has 0 radical (unpaired) electrons. The Bertz CT molecular complexity index is 848.